The summed E-state index contributed by atoms with van der Waals surface area (Å²) in [6.07, 6.45) is 1.83. The van der Waals surface area contributed by atoms with Crippen LogP contribution in [0.3, 0.4) is 0 Å². The minimum atomic E-state index is 0.119. The van der Waals surface area contributed by atoms with Crippen molar-refractivity contribution in [3.8, 4) is 0 Å². The Hall–Kier alpha value is -1.93. The SMILES string of the molecule is Cc1cnc(Cn2nc(N(C)C)c3c(Cl)nc(N)nc32)c(C)c1Br. The van der Waals surface area contributed by atoms with Gasteiger partial charge in [-0.25, -0.2) is 9.67 Å². The van der Waals surface area contributed by atoms with Crippen LogP contribution in [0.2, 0.25) is 5.15 Å². The molecule has 24 heavy (non-hydrogen) atoms. The van der Waals surface area contributed by atoms with Crippen molar-refractivity contribution in [2.45, 2.75) is 20.4 Å². The van der Waals surface area contributed by atoms with Crippen molar-refractivity contribution in [1.82, 2.24) is 24.7 Å². The quantitative estimate of drug-likeness (QED) is 0.668. The van der Waals surface area contributed by atoms with Crippen molar-refractivity contribution in [1.29, 1.82) is 0 Å². The van der Waals surface area contributed by atoms with Gasteiger partial charge in [-0.05, 0) is 25.0 Å². The van der Waals surface area contributed by atoms with Crippen LogP contribution in [0, 0.1) is 13.8 Å². The smallest absolute Gasteiger partial charge is 0.223 e. The molecule has 0 aliphatic carbocycles. The largest absolute Gasteiger partial charge is 0.368 e. The van der Waals surface area contributed by atoms with Gasteiger partial charge in [-0.15, -0.1) is 0 Å². The number of rotatable bonds is 3. The van der Waals surface area contributed by atoms with Gasteiger partial charge in [0.15, 0.2) is 11.5 Å². The number of nitrogen functional groups attached to an aromatic ring is 1. The van der Waals surface area contributed by atoms with Gasteiger partial charge < -0.3 is 10.6 Å². The van der Waals surface area contributed by atoms with Crippen LogP contribution in [-0.2, 0) is 6.54 Å². The molecule has 3 heterocycles. The molecule has 0 aromatic carbocycles. The summed E-state index contributed by atoms with van der Waals surface area (Å²) in [5.41, 5.74) is 9.41. The summed E-state index contributed by atoms with van der Waals surface area (Å²) < 4.78 is 2.80. The molecule has 0 radical (unpaired) electrons. The standard InChI is InChI=1S/C15H17BrClN7/c1-7-5-19-9(8(2)11(7)16)6-24-13-10(14(22-24)23(3)4)12(17)20-15(18)21-13/h5H,6H2,1-4H3,(H2,18,20,21). The van der Waals surface area contributed by atoms with Gasteiger partial charge in [0.1, 0.15) is 10.5 Å². The second-order valence-electron chi connectivity index (χ2n) is 5.77. The minimum Gasteiger partial charge on any atom is -0.368 e. The molecule has 2 N–H and O–H groups in total. The lowest BCUT2D eigenvalue weighted by Crippen LogP contribution is -2.11. The molecule has 3 aromatic rings. The molecule has 0 amide bonds. The third-order valence-electron chi connectivity index (χ3n) is 3.79. The Morgan fingerprint density at radius 3 is 2.67 bits per heavy atom. The van der Waals surface area contributed by atoms with Crippen molar-refractivity contribution in [2.24, 2.45) is 0 Å². The van der Waals surface area contributed by atoms with Crippen LogP contribution in [0.1, 0.15) is 16.8 Å². The van der Waals surface area contributed by atoms with Crippen molar-refractivity contribution >= 4 is 50.3 Å². The molecular weight excluding hydrogens is 394 g/mol. The van der Waals surface area contributed by atoms with E-state index < -0.39 is 0 Å². The molecule has 0 unspecified atom stereocenters. The molecule has 0 aliphatic heterocycles. The molecule has 0 saturated carbocycles. The second-order valence-corrected chi connectivity index (χ2v) is 6.92. The van der Waals surface area contributed by atoms with Crippen LogP contribution in [0.5, 0.6) is 0 Å². The molecule has 3 rings (SSSR count). The van der Waals surface area contributed by atoms with E-state index in [0.29, 0.717) is 28.5 Å². The highest BCUT2D eigenvalue weighted by atomic mass is 79.9. The third-order valence-corrected chi connectivity index (χ3v) is 5.29. The minimum absolute atomic E-state index is 0.119. The van der Waals surface area contributed by atoms with Gasteiger partial charge in [-0.1, -0.05) is 27.5 Å². The Labute approximate surface area is 153 Å². The van der Waals surface area contributed by atoms with E-state index in [9.17, 15) is 0 Å². The number of pyridine rings is 1. The van der Waals surface area contributed by atoms with Crippen LogP contribution in [0.25, 0.3) is 11.0 Å². The zero-order chi connectivity index (χ0) is 17.6. The number of halogens is 2. The van der Waals surface area contributed by atoms with Crippen molar-refractivity contribution in [2.75, 3.05) is 24.7 Å². The maximum atomic E-state index is 6.27. The number of aryl methyl sites for hydroxylation is 1. The fourth-order valence-electron chi connectivity index (χ4n) is 2.50. The Bertz CT molecular complexity index is 935. The first-order chi connectivity index (χ1) is 11.3. The first-order valence-corrected chi connectivity index (χ1v) is 8.44. The summed E-state index contributed by atoms with van der Waals surface area (Å²) in [4.78, 5) is 14.8. The molecule has 0 atom stereocenters. The second kappa shape index (κ2) is 6.18. The Morgan fingerprint density at radius 1 is 1.29 bits per heavy atom. The van der Waals surface area contributed by atoms with E-state index >= 15 is 0 Å². The average Bonchev–Trinajstić information content (AvgIpc) is 2.87. The van der Waals surface area contributed by atoms with Gasteiger partial charge in [-0.3, -0.25) is 4.98 Å². The maximum absolute atomic E-state index is 6.27. The summed E-state index contributed by atoms with van der Waals surface area (Å²) in [5.74, 6) is 0.813. The van der Waals surface area contributed by atoms with Crippen LogP contribution < -0.4 is 10.6 Å². The van der Waals surface area contributed by atoms with Crippen LogP contribution in [0.15, 0.2) is 10.7 Å². The first kappa shape index (κ1) is 16.9. The molecule has 3 aromatic heterocycles. The summed E-state index contributed by atoms with van der Waals surface area (Å²) in [6.45, 7) is 4.49. The molecule has 0 aliphatic rings. The molecule has 0 bridgehead atoms. The predicted octanol–water partition coefficient (Wildman–Crippen LogP) is 2.95. The van der Waals surface area contributed by atoms with E-state index in [1.54, 1.807) is 4.68 Å². The number of hydrogen-bond donors (Lipinski definition) is 1. The highest BCUT2D eigenvalue weighted by molar-refractivity contribution is 9.10. The van der Waals surface area contributed by atoms with E-state index in [2.05, 4.69) is 36.0 Å². The van der Waals surface area contributed by atoms with Crippen LogP contribution >= 0.6 is 27.5 Å². The molecule has 9 heteroatoms. The highest BCUT2D eigenvalue weighted by Gasteiger charge is 2.20. The van der Waals surface area contributed by atoms with Gasteiger partial charge >= 0.3 is 0 Å². The van der Waals surface area contributed by atoms with E-state index in [4.69, 9.17) is 17.3 Å². The van der Waals surface area contributed by atoms with Crippen LogP contribution in [-0.4, -0.2) is 38.8 Å². The topological polar surface area (TPSA) is 85.8 Å². The maximum Gasteiger partial charge on any atom is 0.223 e. The lowest BCUT2D eigenvalue weighted by atomic mass is 10.1. The number of nitrogens with two attached hydrogens (primary N) is 1. The molecule has 0 fully saturated rings. The number of nitrogens with zero attached hydrogens (tertiary/aromatic N) is 6. The summed E-state index contributed by atoms with van der Waals surface area (Å²) in [7, 11) is 3.79. The first-order valence-electron chi connectivity index (χ1n) is 7.27. The lowest BCUT2D eigenvalue weighted by Gasteiger charge is -2.10. The molecular formula is C15H17BrClN7. The van der Waals surface area contributed by atoms with Crippen LogP contribution in [0.4, 0.5) is 11.8 Å². The highest BCUT2D eigenvalue weighted by Crippen LogP contribution is 2.31. The van der Waals surface area contributed by atoms with Gasteiger partial charge in [0.25, 0.3) is 0 Å². The number of hydrogen-bond acceptors (Lipinski definition) is 6. The zero-order valence-electron chi connectivity index (χ0n) is 13.8. The van der Waals surface area contributed by atoms with Gasteiger partial charge in [0.2, 0.25) is 5.95 Å². The van der Waals surface area contributed by atoms with Crippen molar-refractivity contribution in [3.63, 3.8) is 0 Å². The van der Waals surface area contributed by atoms with Crippen molar-refractivity contribution < 1.29 is 0 Å². The predicted molar refractivity (Wildman–Crippen MR) is 99.6 cm³/mol. The van der Waals surface area contributed by atoms with Gasteiger partial charge in [0, 0.05) is 24.8 Å². The average molecular weight is 411 g/mol. The molecule has 0 spiro atoms. The summed E-state index contributed by atoms with van der Waals surface area (Å²) >= 11 is 9.87. The molecule has 7 nitrogen and oxygen atoms in total. The number of anilines is 2. The van der Waals surface area contributed by atoms with E-state index in [1.807, 2.05) is 39.0 Å². The molecule has 0 saturated heterocycles. The Balaban J connectivity index is 2.19. The Kier molecular flexibility index (Phi) is 4.35. The number of aromatic nitrogens is 5. The van der Waals surface area contributed by atoms with E-state index in [0.717, 1.165) is 21.3 Å². The van der Waals surface area contributed by atoms with E-state index in [1.165, 1.54) is 0 Å². The normalized spacial score (nSPS) is 11.2. The summed E-state index contributed by atoms with van der Waals surface area (Å²) in [6, 6.07) is 0. The van der Waals surface area contributed by atoms with Gasteiger partial charge in [0.05, 0.1) is 12.2 Å². The zero-order valence-corrected chi connectivity index (χ0v) is 16.1. The lowest BCUT2D eigenvalue weighted by molar-refractivity contribution is 0.682. The Morgan fingerprint density at radius 2 is 2.00 bits per heavy atom. The molecule has 126 valence electrons. The third kappa shape index (κ3) is 2.80. The monoisotopic (exact) mass is 409 g/mol. The van der Waals surface area contributed by atoms with E-state index in [-0.39, 0.29) is 5.95 Å². The number of fused-ring (bicyclic) bond motifs is 1. The fourth-order valence-corrected chi connectivity index (χ4v) is 3.09. The summed E-state index contributed by atoms with van der Waals surface area (Å²) in [5, 5.41) is 5.60. The van der Waals surface area contributed by atoms with Gasteiger partial charge in [-0.2, -0.15) is 10.1 Å². The fraction of sp³-hybridized carbons (Fsp3) is 0.333. The van der Waals surface area contributed by atoms with Crippen molar-refractivity contribution in [3.05, 3.63) is 32.6 Å².